The number of nitrogens with one attached hydrogen (secondary N) is 2. The zero-order valence-corrected chi connectivity index (χ0v) is 18.5. The van der Waals surface area contributed by atoms with E-state index >= 15 is 0 Å². The molecule has 3 aromatic carbocycles. The van der Waals surface area contributed by atoms with E-state index in [2.05, 4.69) is 10.0 Å². The monoisotopic (exact) mass is 474 g/mol. The predicted octanol–water partition coefficient (Wildman–Crippen LogP) is 4.52. The second-order valence-electron chi connectivity index (χ2n) is 6.73. The lowest BCUT2D eigenvalue weighted by Gasteiger charge is -2.12. The van der Waals surface area contributed by atoms with Crippen molar-refractivity contribution in [3.63, 3.8) is 0 Å². The smallest absolute Gasteiger partial charge is 0.261 e. The number of carbonyl (C=O) groups excluding carboxylic acids is 1. The molecule has 1 aliphatic heterocycles. The van der Waals surface area contributed by atoms with E-state index in [1.807, 2.05) is 6.92 Å². The molecule has 0 radical (unpaired) electrons. The Bertz CT molecular complexity index is 1260. The third kappa shape index (κ3) is 4.74. The lowest BCUT2D eigenvalue weighted by Crippen LogP contribution is -2.16. The van der Waals surface area contributed by atoms with E-state index in [-0.39, 0.29) is 22.3 Å². The van der Waals surface area contributed by atoms with Crippen molar-refractivity contribution < 1.29 is 27.4 Å². The molecule has 4 rings (SSSR count). The molecular formula is C22H19ClN2O6S. The summed E-state index contributed by atoms with van der Waals surface area (Å²) in [4.78, 5) is 12.7. The molecule has 0 saturated carbocycles. The van der Waals surface area contributed by atoms with Crippen LogP contribution in [0.3, 0.4) is 0 Å². The van der Waals surface area contributed by atoms with Crippen molar-refractivity contribution in [1.82, 2.24) is 0 Å². The van der Waals surface area contributed by atoms with Crippen LogP contribution in [-0.2, 0) is 10.0 Å². The Balaban J connectivity index is 1.54. The Morgan fingerprint density at radius 1 is 1.00 bits per heavy atom. The van der Waals surface area contributed by atoms with Crippen molar-refractivity contribution in [2.75, 3.05) is 23.4 Å². The number of rotatable bonds is 7. The molecule has 0 aromatic heterocycles. The summed E-state index contributed by atoms with van der Waals surface area (Å²) in [5.74, 6) is 1.15. The maximum absolute atomic E-state index is 12.8. The van der Waals surface area contributed by atoms with Crippen LogP contribution in [0.2, 0.25) is 5.02 Å². The molecule has 0 atom stereocenters. The average Bonchev–Trinajstić information content (AvgIpc) is 3.23. The van der Waals surface area contributed by atoms with Gasteiger partial charge in [0.15, 0.2) is 11.5 Å². The molecule has 0 unspecified atom stereocenters. The van der Waals surface area contributed by atoms with Crippen molar-refractivity contribution in [2.45, 2.75) is 11.8 Å². The van der Waals surface area contributed by atoms with Gasteiger partial charge in [-0.1, -0.05) is 11.6 Å². The lowest BCUT2D eigenvalue weighted by atomic mass is 10.2. The molecule has 32 heavy (non-hydrogen) atoms. The molecule has 0 spiro atoms. The number of anilines is 2. The minimum atomic E-state index is -3.96. The summed E-state index contributed by atoms with van der Waals surface area (Å²) in [5.41, 5.74) is 0.824. The third-order valence-corrected chi connectivity index (χ3v) is 6.25. The first-order chi connectivity index (χ1) is 15.4. The molecular weight excluding hydrogens is 456 g/mol. The topological polar surface area (TPSA) is 103 Å². The fraction of sp³-hybridized carbons (Fsp3) is 0.136. The van der Waals surface area contributed by atoms with Gasteiger partial charge in [-0.05, 0) is 61.5 Å². The third-order valence-electron chi connectivity index (χ3n) is 4.54. The van der Waals surface area contributed by atoms with Gasteiger partial charge in [0, 0.05) is 17.4 Å². The Kier molecular flexibility index (Phi) is 6.11. The summed E-state index contributed by atoms with van der Waals surface area (Å²) < 4.78 is 44.0. The van der Waals surface area contributed by atoms with E-state index in [0.717, 1.165) is 0 Å². The van der Waals surface area contributed by atoms with Crippen molar-refractivity contribution in [3.05, 3.63) is 71.2 Å². The fourth-order valence-electron chi connectivity index (χ4n) is 3.02. The van der Waals surface area contributed by atoms with E-state index in [9.17, 15) is 13.2 Å². The highest BCUT2D eigenvalue weighted by Crippen LogP contribution is 2.34. The molecule has 166 valence electrons. The number of amides is 1. The Morgan fingerprint density at radius 3 is 2.47 bits per heavy atom. The largest absolute Gasteiger partial charge is 0.494 e. The number of ether oxygens (including phenoxy) is 3. The highest BCUT2D eigenvalue weighted by Gasteiger charge is 2.20. The number of fused-ring (bicyclic) bond motifs is 1. The number of carbonyl (C=O) groups is 1. The van der Waals surface area contributed by atoms with Crippen LogP contribution in [0.25, 0.3) is 0 Å². The Labute approximate surface area is 190 Å². The van der Waals surface area contributed by atoms with Gasteiger partial charge in [0.1, 0.15) is 5.75 Å². The first-order valence-corrected chi connectivity index (χ1v) is 11.5. The minimum absolute atomic E-state index is 0.0129. The van der Waals surface area contributed by atoms with E-state index in [1.165, 1.54) is 18.2 Å². The van der Waals surface area contributed by atoms with Crippen LogP contribution in [0.1, 0.15) is 17.3 Å². The van der Waals surface area contributed by atoms with Crippen LogP contribution in [0, 0.1) is 0 Å². The number of hydrogen-bond donors (Lipinski definition) is 2. The number of hydrogen-bond acceptors (Lipinski definition) is 6. The molecule has 1 amide bonds. The second-order valence-corrected chi connectivity index (χ2v) is 8.82. The summed E-state index contributed by atoms with van der Waals surface area (Å²) in [6.07, 6.45) is 0. The standard InChI is InChI=1S/C22H19ClN2O6S/c1-2-29-16-6-3-14(4-7-16)25-32(27,28)17-8-9-19(23)18(12-17)22(26)24-15-5-10-20-21(11-15)31-13-30-20/h3-12,25H,2,13H2,1H3,(H,24,26). The van der Waals surface area contributed by atoms with Gasteiger partial charge in [-0.3, -0.25) is 9.52 Å². The molecule has 3 aromatic rings. The predicted molar refractivity (Wildman–Crippen MR) is 120 cm³/mol. The summed E-state index contributed by atoms with van der Waals surface area (Å²) >= 11 is 6.17. The van der Waals surface area contributed by atoms with Crippen LogP contribution in [0.4, 0.5) is 11.4 Å². The fourth-order valence-corrected chi connectivity index (χ4v) is 4.31. The normalized spacial score (nSPS) is 12.3. The maximum Gasteiger partial charge on any atom is 0.261 e. The van der Waals surface area contributed by atoms with E-state index < -0.39 is 15.9 Å². The van der Waals surface area contributed by atoms with Crippen LogP contribution < -0.4 is 24.2 Å². The van der Waals surface area contributed by atoms with E-state index in [0.29, 0.717) is 35.2 Å². The van der Waals surface area contributed by atoms with Gasteiger partial charge in [0.2, 0.25) is 6.79 Å². The average molecular weight is 475 g/mol. The van der Waals surface area contributed by atoms with Gasteiger partial charge in [0.05, 0.1) is 22.1 Å². The molecule has 0 saturated heterocycles. The van der Waals surface area contributed by atoms with Crippen LogP contribution >= 0.6 is 11.6 Å². The lowest BCUT2D eigenvalue weighted by molar-refractivity contribution is 0.102. The van der Waals surface area contributed by atoms with E-state index in [1.54, 1.807) is 42.5 Å². The number of benzene rings is 3. The molecule has 0 bridgehead atoms. The summed E-state index contributed by atoms with van der Waals surface area (Å²) in [5, 5.41) is 2.80. The van der Waals surface area contributed by atoms with Crippen molar-refractivity contribution in [3.8, 4) is 17.2 Å². The van der Waals surface area contributed by atoms with Gasteiger partial charge in [-0.2, -0.15) is 0 Å². The van der Waals surface area contributed by atoms with Crippen LogP contribution in [0.5, 0.6) is 17.2 Å². The first-order valence-electron chi connectivity index (χ1n) is 9.62. The number of halogens is 1. The Hall–Kier alpha value is -3.43. The van der Waals surface area contributed by atoms with Gasteiger partial charge in [0.25, 0.3) is 15.9 Å². The SMILES string of the molecule is CCOc1ccc(NS(=O)(=O)c2ccc(Cl)c(C(=O)Nc3ccc4c(c3)OCO4)c2)cc1. The molecule has 2 N–H and O–H groups in total. The van der Waals surface area contributed by atoms with E-state index in [4.69, 9.17) is 25.8 Å². The van der Waals surface area contributed by atoms with Gasteiger partial charge in [-0.15, -0.1) is 0 Å². The summed E-state index contributed by atoms with van der Waals surface area (Å²) in [6.45, 7) is 2.48. The maximum atomic E-state index is 12.8. The molecule has 10 heteroatoms. The molecule has 0 aliphatic carbocycles. The van der Waals surface area contributed by atoms with Gasteiger partial charge >= 0.3 is 0 Å². The zero-order valence-electron chi connectivity index (χ0n) is 16.9. The van der Waals surface area contributed by atoms with Crippen LogP contribution in [-0.4, -0.2) is 27.7 Å². The summed E-state index contributed by atoms with van der Waals surface area (Å²) in [6, 6.07) is 15.3. The quantitative estimate of drug-likeness (QED) is 0.522. The van der Waals surface area contributed by atoms with Crippen molar-refractivity contribution in [2.24, 2.45) is 0 Å². The molecule has 8 nitrogen and oxygen atoms in total. The Morgan fingerprint density at radius 2 is 1.72 bits per heavy atom. The van der Waals surface area contributed by atoms with Crippen molar-refractivity contribution >= 4 is 38.9 Å². The second kappa shape index (κ2) is 8.97. The molecule has 1 aliphatic rings. The molecule has 0 fully saturated rings. The van der Waals surface area contributed by atoms with Gasteiger partial charge < -0.3 is 19.5 Å². The van der Waals surface area contributed by atoms with Crippen LogP contribution in [0.15, 0.2) is 65.6 Å². The highest BCUT2D eigenvalue weighted by atomic mass is 35.5. The highest BCUT2D eigenvalue weighted by molar-refractivity contribution is 7.92. The van der Waals surface area contributed by atoms with Gasteiger partial charge in [-0.25, -0.2) is 8.42 Å². The minimum Gasteiger partial charge on any atom is -0.494 e. The summed E-state index contributed by atoms with van der Waals surface area (Å²) in [7, 11) is -3.96. The first kappa shape index (κ1) is 21.8. The van der Waals surface area contributed by atoms with Crippen molar-refractivity contribution in [1.29, 1.82) is 0 Å². The molecule has 1 heterocycles. The number of sulfonamides is 1. The zero-order chi connectivity index (χ0) is 22.7.